The summed E-state index contributed by atoms with van der Waals surface area (Å²) in [6.07, 6.45) is 0. The van der Waals surface area contributed by atoms with Crippen LogP contribution in [0.2, 0.25) is 0 Å². The van der Waals surface area contributed by atoms with Crippen LogP contribution in [0.15, 0.2) is 0 Å². The number of thioether (sulfide) groups is 2. The molecule has 0 heterocycles. The summed E-state index contributed by atoms with van der Waals surface area (Å²) in [7, 11) is 0. The second kappa shape index (κ2) is 4.54. The van der Waals surface area contributed by atoms with Crippen molar-refractivity contribution in [3.05, 3.63) is 0 Å². The molecule has 0 spiro atoms. The minimum Gasteiger partial charge on any atom is -0.185 e. The number of hydrogen-bond acceptors (Lipinski definition) is 4. The highest BCUT2D eigenvalue weighted by molar-refractivity contribution is 8.08. The van der Waals surface area contributed by atoms with E-state index in [0.717, 1.165) is 0 Å². The molecule has 0 radical (unpaired) electrons. The van der Waals surface area contributed by atoms with Crippen molar-refractivity contribution in [2.45, 2.75) is 30.8 Å². The Kier molecular flexibility index (Phi) is 4.40. The van der Waals surface area contributed by atoms with E-state index in [0.29, 0.717) is 0 Å². The van der Waals surface area contributed by atoms with E-state index in [1.807, 2.05) is 31.6 Å². The Hall–Kier alpha value is -0.320. The van der Waals surface area contributed by atoms with Crippen LogP contribution in [0.4, 0.5) is 0 Å². The van der Waals surface area contributed by atoms with Gasteiger partial charge in [-0.3, -0.25) is 0 Å². The number of nitrogens with zero attached hydrogens (tertiary/aromatic N) is 2. The van der Waals surface area contributed by atoms with Gasteiger partial charge in [0.1, 0.15) is 10.8 Å². The van der Waals surface area contributed by atoms with Crippen LogP contribution >= 0.6 is 23.5 Å². The molecular formula is C7H10N2S2. The molecule has 0 saturated carbocycles. The third-order valence-electron chi connectivity index (χ3n) is 1.52. The van der Waals surface area contributed by atoms with E-state index >= 15 is 0 Å². The van der Waals surface area contributed by atoms with Gasteiger partial charge in [-0.1, -0.05) is 6.92 Å². The lowest BCUT2D eigenvalue weighted by atomic mass is 10.1. The highest BCUT2D eigenvalue weighted by atomic mass is 32.2. The number of thiocyanates is 2. The molecule has 1 atom stereocenters. The van der Waals surface area contributed by atoms with Crippen LogP contribution in [-0.4, -0.2) is 10.00 Å². The normalized spacial score (nSPS) is 13.2. The second-order valence-corrected chi connectivity index (χ2v) is 5.21. The van der Waals surface area contributed by atoms with Gasteiger partial charge in [0, 0.05) is 10.00 Å². The maximum Gasteiger partial charge on any atom is 0.133 e. The molecule has 0 saturated heterocycles. The summed E-state index contributed by atoms with van der Waals surface area (Å²) in [4.78, 5) is 0. The molecule has 0 aromatic carbocycles. The van der Waals surface area contributed by atoms with Gasteiger partial charge in [0.2, 0.25) is 0 Å². The summed E-state index contributed by atoms with van der Waals surface area (Å²) in [5, 5.41) is 21.1. The summed E-state index contributed by atoms with van der Waals surface area (Å²) in [5.74, 6) is 0. The molecule has 0 aliphatic carbocycles. The van der Waals surface area contributed by atoms with Crippen LogP contribution in [0.1, 0.15) is 20.8 Å². The number of hydrogen-bond donors (Lipinski definition) is 0. The molecule has 0 aromatic rings. The third-order valence-corrected chi connectivity index (χ3v) is 3.69. The van der Waals surface area contributed by atoms with Crippen molar-refractivity contribution in [2.75, 3.05) is 0 Å². The first-order valence-electron chi connectivity index (χ1n) is 3.16. The highest BCUT2D eigenvalue weighted by Gasteiger charge is 2.27. The zero-order valence-corrected chi connectivity index (χ0v) is 8.42. The van der Waals surface area contributed by atoms with Crippen LogP contribution in [0.3, 0.4) is 0 Å². The van der Waals surface area contributed by atoms with Gasteiger partial charge in [0.05, 0.1) is 0 Å². The fourth-order valence-corrected chi connectivity index (χ4v) is 1.55. The molecule has 60 valence electrons. The van der Waals surface area contributed by atoms with E-state index in [2.05, 4.69) is 0 Å². The fourth-order valence-electron chi connectivity index (χ4n) is 0.422. The monoisotopic (exact) mass is 186 g/mol. The molecule has 11 heavy (non-hydrogen) atoms. The SMILES string of the molecule is CC(SC#N)C(C)(C)SC#N. The molecule has 2 nitrogen and oxygen atoms in total. The second-order valence-electron chi connectivity index (χ2n) is 2.65. The lowest BCUT2D eigenvalue weighted by molar-refractivity contribution is 0.707. The smallest absolute Gasteiger partial charge is 0.133 e. The molecule has 0 aliphatic rings. The van der Waals surface area contributed by atoms with Gasteiger partial charge >= 0.3 is 0 Å². The predicted octanol–water partition coefficient (Wildman–Crippen LogP) is 2.58. The quantitative estimate of drug-likeness (QED) is 0.636. The summed E-state index contributed by atoms with van der Waals surface area (Å²) in [6.45, 7) is 5.89. The largest absolute Gasteiger partial charge is 0.185 e. The van der Waals surface area contributed by atoms with Crippen LogP contribution < -0.4 is 0 Å². The van der Waals surface area contributed by atoms with Crippen LogP contribution in [0, 0.1) is 21.3 Å². The minimum atomic E-state index is -0.144. The van der Waals surface area contributed by atoms with E-state index < -0.39 is 0 Å². The first-order valence-corrected chi connectivity index (χ1v) is 4.86. The Morgan fingerprint density at radius 1 is 1.27 bits per heavy atom. The maximum absolute atomic E-state index is 8.44. The van der Waals surface area contributed by atoms with Gasteiger partial charge in [-0.2, -0.15) is 10.5 Å². The van der Waals surface area contributed by atoms with Crippen molar-refractivity contribution in [3.8, 4) is 10.8 Å². The molecular weight excluding hydrogens is 176 g/mol. The van der Waals surface area contributed by atoms with Crippen LogP contribution in [-0.2, 0) is 0 Å². The van der Waals surface area contributed by atoms with E-state index in [1.54, 1.807) is 0 Å². The summed E-state index contributed by atoms with van der Waals surface area (Å²) in [6, 6.07) is 0. The Labute approximate surface area is 76.0 Å². The fraction of sp³-hybridized carbons (Fsp3) is 0.714. The van der Waals surface area contributed by atoms with Crippen molar-refractivity contribution in [3.63, 3.8) is 0 Å². The van der Waals surface area contributed by atoms with E-state index in [1.165, 1.54) is 23.5 Å². The Balaban J connectivity index is 4.09. The standard InChI is InChI=1S/C7H10N2S2/c1-6(10-4-8)7(2,3)11-5-9/h6H,1-3H3. The van der Waals surface area contributed by atoms with Gasteiger partial charge in [0.25, 0.3) is 0 Å². The minimum absolute atomic E-state index is 0.144. The van der Waals surface area contributed by atoms with Gasteiger partial charge < -0.3 is 0 Å². The Morgan fingerprint density at radius 2 is 1.82 bits per heavy atom. The van der Waals surface area contributed by atoms with Crippen molar-refractivity contribution in [1.29, 1.82) is 10.5 Å². The molecule has 1 unspecified atom stereocenters. The molecule has 0 N–H and O–H groups in total. The summed E-state index contributed by atoms with van der Waals surface area (Å²) in [5.41, 5.74) is 0. The van der Waals surface area contributed by atoms with E-state index in [4.69, 9.17) is 10.5 Å². The van der Waals surface area contributed by atoms with Crippen LogP contribution in [0.5, 0.6) is 0 Å². The number of rotatable bonds is 3. The topological polar surface area (TPSA) is 47.6 Å². The Bertz CT molecular complexity index is 199. The summed E-state index contributed by atoms with van der Waals surface area (Å²) < 4.78 is -0.144. The molecule has 0 aliphatic heterocycles. The molecule has 0 amide bonds. The number of nitriles is 2. The third kappa shape index (κ3) is 3.55. The Morgan fingerprint density at radius 3 is 2.18 bits per heavy atom. The summed E-state index contributed by atoms with van der Waals surface area (Å²) >= 11 is 2.43. The van der Waals surface area contributed by atoms with Crippen LogP contribution in [0.25, 0.3) is 0 Å². The zero-order valence-electron chi connectivity index (χ0n) is 6.79. The average molecular weight is 186 g/mol. The molecule has 0 aromatic heterocycles. The van der Waals surface area contributed by atoms with Gasteiger partial charge in [-0.05, 0) is 37.4 Å². The molecule has 4 heteroatoms. The first-order chi connectivity index (χ1) is 5.04. The van der Waals surface area contributed by atoms with Gasteiger partial charge in [-0.25, -0.2) is 0 Å². The predicted molar refractivity (Wildman–Crippen MR) is 49.9 cm³/mol. The van der Waals surface area contributed by atoms with Crippen molar-refractivity contribution in [2.24, 2.45) is 0 Å². The van der Waals surface area contributed by atoms with Crippen molar-refractivity contribution in [1.82, 2.24) is 0 Å². The van der Waals surface area contributed by atoms with Gasteiger partial charge in [0.15, 0.2) is 0 Å². The first kappa shape index (κ1) is 10.7. The van der Waals surface area contributed by atoms with E-state index in [9.17, 15) is 0 Å². The van der Waals surface area contributed by atoms with Crippen molar-refractivity contribution < 1.29 is 0 Å². The molecule has 0 rings (SSSR count). The van der Waals surface area contributed by atoms with Crippen molar-refractivity contribution >= 4 is 23.5 Å². The molecule has 0 bridgehead atoms. The zero-order chi connectivity index (χ0) is 8.91. The lowest BCUT2D eigenvalue weighted by Crippen LogP contribution is -2.26. The van der Waals surface area contributed by atoms with E-state index in [-0.39, 0.29) is 10.00 Å². The molecule has 0 fully saturated rings. The lowest BCUT2D eigenvalue weighted by Gasteiger charge is -2.24. The average Bonchev–Trinajstić information content (AvgIpc) is 1.88. The highest BCUT2D eigenvalue weighted by Crippen LogP contribution is 2.33. The van der Waals surface area contributed by atoms with Gasteiger partial charge in [-0.15, -0.1) is 0 Å². The maximum atomic E-state index is 8.44.